The zero-order chi connectivity index (χ0) is 24.6. The molecule has 34 heavy (non-hydrogen) atoms. The molecule has 0 bridgehead atoms. The maximum Gasteiger partial charge on any atom is 0.254 e. The third-order valence-corrected chi connectivity index (χ3v) is 7.63. The van der Waals surface area contributed by atoms with Gasteiger partial charge in [0.1, 0.15) is 0 Å². The average molecular weight is 529 g/mol. The van der Waals surface area contributed by atoms with Gasteiger partial charge in [-0.2, -0.15) is 0 Å². The van der Waals surface area contributed by atoms with E-state index < -0.39 is 5.92 Å². The van der Waals surface area contributed by atoms with Crippen molar-refractivity contribution in [2.75, 3.05) is 26.7 Å². The minimum Gasteiger partial charge on any atom is -0.381 e. The number of nitrogens with one attached hydrogen (secondary N) is 1. The third-order valence-electron chi connectivity index (χ3n) is 7.19. The quantitative estimate of drug-likeness (QED) is 0.599. The molecular formula is C26H33BrN4O3. The molecule has 1 fully saturated rings. The van der Waals surface area contributed by atoms with Gasteiger partial charge in [-0.15, -0.1) is 0 Å². The molecule has 2 aliphatic rings. The molecule has 182 valence electrons. The van der Waals surface area contributed by atoms with Gasteiger partial charge >= 0.3 is 0 Å². The first kappa shape index (κ1) is 24.8. The number of methoxy groups -OCH3 is 1. The van der Waals surface area contributed by atoms with E-state index in [-0.39, 0.29) is 24.4 Å². The van der Waals surface area contributed by atoms with Crippen molar-refractivity contribution in [3.63, 3.8) is 0 Å². The number of carbonyl (C=O) groups is 2. The first-order chi connectivity index (χ1) is 16.2. The number of pyridine rings is 1. The summed E-state index contributed by atoms with van der Waals surface area (Å²) in [6.07, 6.45) is 6.29. The molecule has 2 aliphatic heterocycles. The summed E-state index contributed by atoms with van der Waals surface area (Å²) in [5.74, 6) is -0.787. The highest BCUT2D eigenvalue weighted by molar-refractivity contribution is 9.10. The van der Waals surface area contributed by atoms with E-state index in [1.54, 1.807) is 7.11 Å². The molecule has 2 amide bonds. The molecule has 2 aromatic heterocycles. The van der Waals surface area contributed by atoms with E-state index in [1.165, 1.54) is 0 Å². The summed E-state index contributed by atoms with van der Waals surface area (Å²) in [7, 11) is 1.78. The number of allylic oxidation sites excluding steroid dienone is 1. The summed E-state index contributed by atoms with van der Waals surface area (Å²) in [6, 6.07) is 4.09. The van der Waals surface area contributed by atoms with Crippen LogP contribution in [0, 0.1) is 12.8 Å². The number of rotatable bonds is 6. The predicted molar refractivity (Wildman–Crippen MR) is 138 cm³/mol. The summed E-state index contributed by atoms with van der Waals surface area (Å²) in [6.45, 7) is 10.1. The lowest BCUT2D eigenvalue weighted by molar-refractivity contribution is -0.120. The Balaban J connectivity index is 1.61. The number of carbonyl (C=O) groups excluding carboxylic acids is 2. The molecule has 2 atom stereocenters. The van der Waals surface area contributed by atoms with Gasteiger partial charge in [0.2, 0.25) is 0 Å². The van der Waals surface area contributed by atoms with Crippen molar-refractivity contribution in [1.29, 1.82) is 0 Å². The van der Waals surface area contributed by atoms with Crippen molar-refractivity contribution in [3.8, 4) is 0 Å². The van der Waals surface area contributed by atoms with Crippen LogP contribution in [0.4, 0.5) is 0 Å². The van der Waals surface area contributed by atoms with Crippen LogP contribution in [0.25, 0.3) is 5.52 Å². The van der Waals surface area contributed by atoms with Crippen LogP contribution in [-0.2, 0) is 9.53 Å². The Labute approximate surface area is 209 Å². The van der Waals surface area contributed by atoms with Crippen LogP contribution in [0.15, 0.2) is 39.4 Å². The summed E-state index contributed by atoms with van der Waals surface area (Å²) in [5.41, 5.74) is 5.28. The van der Waals surface area contributed by atoms with Crippen molar-refractivity contribution in [2.45, 2.75) is 52.7 Å². The number of piperidine rings is 1. The second-order valence-electron chi connectivity index (χ2n) is 9.41. The number of aliphatic imine (C=N–C) groups is 1. The average Bonchev–Trinajstić information content (AvgIpc) is 3.17. The number of hydrogen-bond acceptors (Lipinski definition) is 4. The molecule has 0 aliphatic carbocycles. The van der Waals surface area contributed by atoms with Gasteiger partial charge in [0.25, 0.3) is 11.8 Å². The van der Waals surface area contributed by atoms with Gasteiger partial charge in [-0.3, -0.25) is 14.5 Å². The minimum atomic E-state index is -0.417. The van der Waals surface area contributed by atoms with Gasteiger partial charge in [-0.1, -0.05) is 5.57 Å². The van der Waals surface area contributed by atoms with Gasteiger partial charge in [-0.25, -0.2) is 4.99 Å². The number of hydrogen-bond donors (Lipinski definition) is 1. The third kappa shape index (κ3) is 4.90. The molecule has 2 aromatic rings. The lowest BCUT2D eigenvalue weighted by Gasteiger charge is -2.36. The largest absolute Gasteiger partial charge is 0.381 e. The number of amides is 2. The highest BCUT2D eigenvalue weighted by Gasteiger charge is 2.29. The van der Waals surface area contributed by atoms with Crippen molar-refractivity contribution in [2.24, 2.45) is 10.9 Å². The van der Waals surface area contributed by atoms with Crippen LogP contribution < -0.4 is 5.32 Å². The van der Waals surface area contributed by atoms with Crippen molar-refractivity contribution < 1.29 is 14.3 Å². The van der Waals surface area contributed by atoms with Crippen LogP contribution in [0.5, 0.6) is 0 Å². The Morgan fingerprint density at radius 3 is 2.62 bits per heavy atom. The topological polar surface area (TPSA) is 75.4 Å². The van der Waals surface area contributed by atoms with Gasteiger partial charge < -0.3 is 14.5 Å². The molecule has 0 aromatic carbocycles. The summed E-state index contributed by atoms with van der Waals surface area (Å²) in [4.78, 5) is 32.2. The minimum absolute atomic E-state index is 0.134. The molecule has 7 nitrogen and oxygen atoms in total. The smallest absolute Gasteiger partial charge is 0.254 e. The number of likely N-dealkylation sites (tertiary alicyclic amines) is 1. The van der Waals surface area contributed by atoms with E-state index in [1.807, 2.05) is 39.0 Å². The normalized spacial score (nSPS) is 20.9. The van der Waals surface area contributed by atoms with E-state index in [2.05, 4.69) is 48.7 Å². The maximum absolute atomic E-state index is 13.3. The summed E-state index contributed by atoms with van der Waals surface area (Å²) < 4.78 is 8.69. The summed E-state index contributed by atoms with van der Waals surface area (Å²) >= 11 is 3.60. The number of halogens is 1. The lowest BCUT2D eigenvalue weighted by Crippen LogP contribution is -2.39. The second-order valence-corrected chi connectivity index (χ2v) is 10.3. The fraction of sp³-hybridized carbons (Fsp3) is 0.500. The fourth-order valence-corrected chi connectivity index (χ4v) is 5.65. The maximum atomic E-state index is 13.3. The Morgan fingerprint density at radius 1 is 1.26 bits per heavy atom. The monoisotopic (exact) mass is 528 g/mol. The number of nitrogens with zero attached hydrogens (tertiary/aromatic N) is 3. The van der Waals surface area contributed by atoms with E-state index in [0.717, 1.165) is 52.8 Å². The Bertz CT molecular complexity index is 1170. The van der Waals surface area contributed by atoms with Crippen LogP contribution in [0.1, 0.15) is 61.3 Å². The zero-order valence-electron chi connectivity index (χ0n) is 20.5. The molecule has 8 heteroatoms. The van der Waals surface area contributed by atoms with Crippen molar-refractivity contribution in [1.82, 2.24) is 14.6 Å². The SMILES string of the molecule is COC1CCN(C(C)c2c(C)c(C(=O)NCC3C(=O)N=C(C)C=C3C)cc3cc(Br)cn23)CC1. The molecule has 1 N–H and O–H groups in total. The second kappa shape index (κ2) is 10.1. The zero-order valence-corrected chi connectivity index (χ0v) is 22.1. The Morgan fingerprint density at radius 2 is 1.97 bits per heavy atom. The van der Waals surface area contributed by atoms with Gasteiger partial charge in [0.05, 0.1) is 12.0 Å². The van der Waals surface area contributed by atoms with E-state index in [9.17, 15) is 9.59 Å². The molecule has 0 saturated carbocycles. The molecular weight excluding hydrogens is 496 g/mol. The first-order valence-corrected chi connectivity index (χ1v) is 12.6. The number of fused-ring (bicyclic) bond motifs is 1. The van der Waals surface area contributed by atoms with Crippen LogP contribution in [-0.4, -0.2) is 59.7 Å². The molecule has 0 spiro atoms. The molecule has 0 radical (unpaired) electrons. The van der Waals surface area contributed by atoms with Gasteiger partial charge in [0.15, 0.2) is 0 Å². The predicted octanol–water partition coefficient (Wildman–Crippen LogP) is 4.48. The molecule has 1 saturated heterocycles. The van der Waals surface area contributed by atoms with Crippen molar-refractivity contribution in [3.05, 3.63) is 51.3 Å². The van der Waals surface area contributed by atoms with Gasteiger partial charge in [-0.05, 0) is 80.2 Å². The van der Waals surface area contributed by atoms with E-state index in [4.69, 9.17) is 4.74 Å². The Kier molecular flexibility index (Phi) is 7.40. The molecule has 4 rings (SSSR count). The number of aromatic nitrogens is 1. The molecule has 4 heterocycles. The lowest BCUT2D eigenvalue weighted by atomic mass is 9.95. The Hall–Kier alpha value is -2.29. The van der Waals surface area contributed by atoms with E-state index >= 15 is 0 Å². The van der Waals surface area contributed by atoms with Crippen LogP contribution in [0.2, 0.25) is 0 Å². The number of dihydropyridines is 1. The first-order valence-electron chi connectivity index (χ1n) is 11.8. The van der Waals surface area contributed by atoms with Crippen LogP contribution >= 0.6 is 15.9 Å². The molecule has 2 unspecified atom stereocenters. The highest BCUT2D eigenvalue weighted by atomic mass is 79.9. The van der Waals surface area contributed by atoms with Crippen molar-refractivity contribution >= 4 is 39.0 Å². The number of ether oxygens (including phenoxy) is 1. The summed E-state index contributed by atoms with van der Waals surface area (Å²) in [5, 5.41) is 2.99. The standard InChI is InChI=1S/C26H33BrN4O3/c1-15-10-16(2)29-26(33)23(15)13-28-25(32)22-12-20-11-19(27)14-31(20)24(17(22)3)18(4)30-8-6-21(34-5)7-9-30/h10-12,14,18,21,23H,6-9,13H2,1-5H3,(H,28,32). The van der Waals surface area contributed by atoms with Crippen LogP contribution in [0.3, 0.4) is 0 Å². The highest BCUT2D eigenvalue weighted by Crippen LogP contribution is 2.32. The fourth-order valence-electron chi connectivity index (χ4n) is 5.21. The van der Waals surface area contributed by atoms with Gasteiger partial charge in [0, 0.05) is 65.9 Å². The van der Waals surface area contributed by atoms with E-state index in [0.29, 0.717) is 17.4 Å².